The summed E-state index contributed by atoms with van der Waals surface area (Å²) >= 11 is 0. The van der Waals surface area contributed by atoms with Gasteiger partial charge in [0, 0.05) is 6.54 Å². The average molecular weight is 402 g/mol. The lowest BCUT2D eigenvalue weighted by Crippen LogP contribution is -2.38. The Balaban J connectivity index is 1.75. The van der Waals surface area contributed by atoms with Crippen molar-refractivity contribution in [2.24, 2.45) is 0 Å². The molecule has 0 aliphatic carbocycles. The predicted octanol–water partition coefficient (Wildman–Crippen LogP) is 3.76. The fraction of sp³-hybridized carbons (Fsp3) is 0.409. The van der Waals surface area contributed by atoms with Gasteiger partial charge in [-0.2, -0.15) is 0 Å². The first-order chi connectivity index (χ1) is 14.2. The molecule has 2 amide bonds. The number of urea groups is 1. The monoisotopic (exact) mass is 402 g/mol. The number of carbonyl (C=O) groups is 1. The van der Waals surface area contributed by atoms with Gasteiger partial charge in [0.05, 0.1) is 19.8 Å². The Morgan fingerprint density at radius 3 is 2.00 bits per heavy atom. The molecule has 0 bridgehead atoms. The maximum Gasteiger partial charge on any atom is 0.317 e. The van der Waals surface area contributed by atoms with Gasteiger partial charge in [-0.25, -0.2) is 4.79 Å². The summed E-state index contributed by atoms with van der Waals surface area (Å²) in [5.41, 5.74) is 1.05. The van der Waals surface area contributed by atoms with E-state index >= 15 is 0 Å². The number of amides is 2. The molecular weight excluding hydrogens is 372 g/mol. The molecular formula is C22H30N2O5. The van der Waals surface area contributed by atoms with Crippen LogP contribution >= 0.6 is 0 Å². The number of para-hydroxylation sites is 2. The minimum absolute atomic E-state index is 0.0491. The topological polar surface area (TPSA) is 78.1 Å². The van der Waals surface area contributed by atoms with Gasteiger partial charge in [0.25, 0.3) is 0 Å². The zero-order chi connectivity index (χ0) is 20.9. The van der Waals surface area contributed by atoms with Crippen molar-refractivity contribution in [3.05, 3.63) is 48.0 Å². The summed E-state index contributed by atoms with van der Waals surface area (Å²) in [5.74, 6) is 2.69. The summed E-state index contributed by atoms with van der Waals surface area (Å²) in [4.78, 5) is 12.0. The van der Waals surface area contributed by atoms with Crippen molar-refractivity contribution in [2.75, 3.05) is 33.1 Å². The third-order valence-electron chi connectivity index (χ3n) is 3.92. The van der Waals surface area contributed by atoms with Crippen molar-refractivity contribution in [3.63, 3.8) is 0 Å². The van der Waals surface area contributed by atoms with E-state index in [9.17, 15) is 4.79 Å². The van der Waals surface area contributed by atoms with Gasteiger partial charge in [-0.1, -0.05) is 18.2 Å². The number of nitrogens with one attached hydrogen (secondary N) is 2. The fourth-order valence-electron chi connectivity index (χ4n) is 2.66. The maximum absolute atomic E-state index is 12.0. The highest BCUT2D eigenvalue weighted by Crippen LogP contribution is 2.28. The second-order valence-corrected chi connectivity index (χ2v) is 6.00. The molecule has 7 heteroatoms. The standard InChI is InChI=1S/C22H30N2O5/c1-4-26-18-9-7-8-10-19(18)29-16-24-22(25)23-14-13-17-11-12-20(27-5-2)21(15-17)28-6-3/h7-12,15H,4-6,13-14,16H2,1-3H3,(H2,23,24,25). The van der Waals surface area contributed by atoms with E-state index in [0.717, 1.165) is 17.1 Å². The lowest BCUT2D eigenvalue weighted by atomic mass is 10.1. The maximum atomic E-state index is 12.0. The first-order valence-corrected chi connectivity index (χ1v) is 9.92. The number of hydrogen-bond donors (Lipinski definition) is 2. The summed E-state index contributed by atoms with van der Waals surface area (Å²) in [6.45, 7) is 8.01. The Labute approximate surface area is 172 Å². The van der Waals surface area contributed by atoms with Crippen LogP contribution < -0.4 is 29.6 Å². The molecule has 158 valence electrons. The Morgan fingerprint density at radius 1 is 0.759 bits per heavy atom. The first kappa shape index (κ1) is 22.2. The molecule has 0 aliphatic rings. The molecule has 7 nitrogen and oxygen atoms in total. The van der Waals surface area contributed by atoms with E-state index in [2.05, 4.69) is 10.6 Å². The number of benzene rings is 2. The van der Waals surface area contributed by atoms with Crippen molar-refractivity contribution in [1.82, 2.24) is 10.6 Å². The average Bonchev–Trinajstić information content (AvgIpc) is 2.72. The van der Waals surface area contributed by atoms with Crippen molar-refractivity contribution in [3.8, 4) is 23.0 Å². The van der Waals surface area contributed by atoms with Gasteiger partial charge >= 0.3 is 6.03 Å². The first-order valence-electron chi connectivity index (χ1n) is 9.92. The van der Waals surface area contributed by atoms with Crippen LogP contribution in [0.4, 0.5) is 4.79 Å². The van der Waals surface area contributed by atoms with E-state index in [0.29, 0.717) is 44.3 Å². The van der Waals surface area contributed by atoms with Gasteiger partial charge < -0.3 is 29.6 Å². The van der Waals surface area contributed by atoms with Crippen LogP contribution in [-0.2, 0) is 6.42 Å². The van der Waals surface area contributed by atoms with Crippen LogP contribution in [0.15, 0.2) is 42.5 Å². The fourth-order valence-corrected chi connectivity index (χ4v) is 2.66. The molecule has 29 heavy (non-hydrogen) atoms. The normalized spacial score (nSPS) is 10.2. The molecule has 0 radical (unpaired) electrons. The van der Waals surface area contributed by atoms with Crippen LogP contribution in [0.3, 0.4) is 0 Å². The van der Waals surface area contributed by atoms with Crippen molar-refractivity contribution in [1.29, 1.82) is 0 Å². The zero-order valence-corrected chi connectivity index (χ0v) is 17.3. The minimum atomic E-state index is -0.296. The molecule has 0 heterocycles. The Bertz CT molecular complexity index is 767. The molecule has 2 N–H and O–H groups in total. The van der Waals surface area contributed by atoms with Crippen LogP contribution in [0.25, 0.3) is 0 Å². The van der Waals surface area contributed by atoms with Gasteiger partial charge in [0.1, 0.15) is 0 Å². The number of hydrogen-bond acceptors (Lipinski definition) is 5. The third-order valence-corrected chi connectivity index (χ3v) is 3.92. The summed E-state index contributed by atoms with van der Waals surface area (Å²) in [7, 11) is 0. The van der Waals surface area contributed by atoms with Crippen LogP contribution in [0.1, 0.15) is 26.3 Å². The highest BCUT2D eigenvalue weighted by Gasteiger charge is 2.07. The third kappa shape index (κ3) is 7.44. The molecule has 0 unspecified atom stereocenters. The van der Waals surface area contributed by atoms with Crippen molar-refractivity contribution in [2.45, 2.75) is 27.2 Å². The summed E-state index contributed by atoms with van der Waals surface area (Å²) in [6, 6.07) is 12.9. The Hall–Kier alpha value is -3.09. The quantitative estimate of drug-likeness (QED) is 0.529. The largest absolute Gasteiger partial charge is 0.490 e. The van der Waals surface area contributed by atoms with Gasteiger partial charge in [-0.3, -0.25) is 0 Å². The van der Waals surface area contributed by atoms with Crippen LogP contribution in [-0.4, -0.2) is 39.1 Å². The van der Waals surface area contributed by atoms with E-state index in [1.54, 1.807) is 6.07 Å². The lowest BCUT2D eigenvalue weighted by molar-refractivity contribution is 0.220. The van der Waals surface area contributed by atoms with Crippen LogP contribution in [0, 0.1) is 0 Å². The van der Waals surface area contributed by atoms with E-state index in [4.69, 9.17) is 18.9 Å². The Morgan fingerprint density at radius 2 is 1.34 bits per heavy atom. The second-order valence-electron chi connectivity index (χ2n) is 6.00. The zero-order valence-electron chi connectivity index (χ0n) is 17.3. The number of carbonyl (C=O) groups excluding carboxylic acids is 1. The molecule has 0 fully saturated rings. The van der Waals surface area contributed by atoms with E-state index in [1.807, 2.05) is 57.2 Å². The predicted molar refractivity (Wildman–Crippen MR) is 112 cm³/mol. The van der Waals surface area contributed by atoms with Gasteiger partial charge in [0.2, 0.25) is 0 Å². The number of rotatable bonds is 12. The molecule has 0 saturated carbocycles. The molecule has 0 saturated heterocycles. The van der Waals surface area contributed by atoms with Gasteiger partial charge in [0.15, 0.2) is 29.7 Å². The van der Waals surface area contributed by atoms with Crippen molar-refractivity contribution >= 4 is 6.03 Å². The van der Waals surface area contributed by atoms with E-state index in [-0.39, 0.29) is 12.8 Å². The van der Waals surface area contributed by atoms with Gasteiger partial charge in [-0.05, 0) is 57.0 Å². The summed E-state index contributed by atoms with van der Waals surface area (Å²) in [6.07, 6.45) is 0.675. The van der Waals surface area contributed by atoms with Crippen LogP contribution in [0.2, 0.25) is 0 Å². The molecule has 0 atom stereocenters. The number of ether oxygens (including phenoxy) is 4. The van der Waals surface area contributed by atoms with Crippen molar-refractivity contribution < 1.29 is 23.7 Å². The molecule has 2 rings (SSSR count). The van der Waals surface area contributed by atoms with E-state index in [1.165, 1.54) is 0 Å². The highest BCUT2D eigenvalue weighted by atomic mass is 16.5. The summed E-state index contributed by atoms with van der Waals surface area (Å²) < 4.78 is 22.3. The van der Waals surface area contributed by atoms with Gasteiger partial charge in [-0.15, -0.1) is 0 Å². The second kappa shape index (κ2) is 12.4. The molecule has 2 aromatic rings. The Kier molecular flexibility index (Phi) is 9.48. The van der Waals surface area contributed by atoms with E-state index < -0.39 is 0 Å². The highest BCUT2D eigenvalue weighted by molar-refractivity contribution is 5.73. The van der Waals surface area contributed by atoms with Crippen LogP contribution in [0.5, 0.6) is 23.0 Å². The summed E-state index contributed by atoms with van der Waals surface area (Å²) in [5, 5.41) is 5.49. The molecule has 0 aromatic heterocycles. The molecule has 0 spiro atoms. The minimum Gasteiger partial charge on any atom is -0.490 e. The lowest BCUT2D eigenvalue weighted by Gasteiger charge is -2.13. The molecule has 0 aliphatic heterocycles. The SMILES string of the molecule is CCOc1ccc(CCNC(=O)NCOc2ccccc2OCC)cc1OCC. The smallest absolute Gasteiger partial charge is 0.317 e. The molecule has 2 aromatic carbocycles.